The summed E-state index contributed by atoms with van der Waals surface area (Å²) in [4.78, 5) is 11.9. The number of ether oxygens (including phenoxy) is 3. The van der Waals surface area contributed by atoms with Gasteiger partial charge in [-0.2, -0.15) is 0 Å². The summed E-state index contributed by atoms with van der Waals surface area (Å²) < 4.78 is 17.3. The third-order valence-electron chi connectivity index (χ3n) is 5.58. The molecule has 0 bridgehead atoms. The number of hydrogen-bond donors (Lipinski definition) is 6. The van der Waals surface area contributed by atoms with E-state index in [-0.39, 0.29) is 12.5 Å². The number of nitrogens with one attached hydrogen (secondary N) is 1. The molecule has 0 spiro atoms. The van der Waals surface area contributed by atoms with Crippen molar-refractivity contribution >= 4 is 17.7 Å². The van der Waals surface area contributed by atoms with Crippen LogP contribution in [0.15, 0.2) is 30.3 Å². The highest BCUT2D eigenvalue weighted by Crippen LogP contribution is 2.38. The van der Waals surface area contributed by atoms with Gasteiger partial charge in [0, 0.05) is 6.92 Å². The van der Waals surface area contributed by atoms with Crippen molar-refractivity contribution < 1.29 is 44.5 Å². The third kappa shape index (κ3) is 5.79. The average molecular weight is 474 g/mol. The van der Waals surface area contributed by atoms with Gasteiger partial charge in [-0.3, -0.25) is 4.79 Å². The van der Waals surface area contributed by atoms with E-state index < -0.39 is 66.2 Å². The molecule has 3 rings (SSSR count). The Morgan fingerprint density at radius 2 is 1.75 bits per heavy atom. The lowest BCUT2D eigenvalue weighted by Crippen LogP contribution is -2.65. The second kappa shape index (κ2) is 11.2. The maximum absolute atomic E-state index is 11.9. The molecular formula is C21H31NO9S. The SMILES string of the molecule is CC(=O)N[C@H]1[C@H](OCc2ccccc2)O[C@H](CO)[C@@H](O)[C@@H]1S[C@@H]1O[C@@H](C)[C@@H](O)[C@@H](O)[C@@H]1O. The number of carbonyl (C=O) groups is 1. The summed E-state index contributed by atoms with van der Waals surface area (Å²) in [5.41, 5.74) is -0.142. The fourth-order valence-electron chi connectivity index (χ4n) is 3.79. The van der Waals surface area contributed by atoms with Gasteiger partial charge in [0.05, 0.1) is 36.7 Å². The molecule has 1 amide bonds. The predicted octanol–water partition coefficient (Wildman–Crippen LogP) is -1.28. The first-order chi connectivity index (χ1) is 15.2. The lowest BCUT2D eigenvalue weighted by atomic mass is 9.99. The summed E-state index contributed by atoms with van der Waals surface area (Å²) in [6.07, 6.45) is -8.16. The zero-order valence-electron chi connectivity index (χ0n) is 17.9. The normalized spacial score (nSPS) is 40.1. The topological polar surface area (TPSA) is 158 Å². The molecule has 1 aromatic rings. The molecule has 180 valence electrons. The Bertz CT molecular complexity index is 741. The number of aliphatic hydroxyl groups excluding tert-OH is 5. The molecule has 1 aromatic carbocycles. The number of hydrogen-bond acceptors (Lipinski definition) is 10. The molecule has 2 aliphatic heterocycles. The van der Waals surface area contributed by atoms with Crippen molar-refractivity contribution in [1.29, 1.82) is 0 Å². The zero-order chi connectivity index (χ0) is 23.4. The highest BCUT2D eigenvalue weighted by atomic mass is 32.2. The van der Waals surface area contributed by atoms with Crippen molar-refractivity contribution in [2.24, 2.45) is 0 Å². The molecule has 0 saturated carbocycles. The molecule has 10 nitrogen and oxygen atoms in total. The van der Waals surface area contributed by atoms with Crippen molar-refractivity contribution in [2.45, 2.75) is 80.1 Å². The second-order valence-electron chi connectivity index (χ2n) is 8.02. The van der Waals surface area contributed by atoms with Crippen LogP contribution in [0.3, 0.4) is 0 Å². The first-order valence-corrected chi connectivity index (χ1v) is 11.4. The molecule has 11 heteroatoms. The van der Waals surface area contributed by atoms with Crippen LogP contribution >= 0.6 is 11.8 Å². The molecule has 6 N–H and O–H groups in total. The molecule has 0 unspecified atom stereocenters. The van der Waals surface area contributed by atoms with Crippen molar-refractivity contribution in [1.82, 2.24) is 5.32 Å². The van der Waals surface area contributed by atoms with Gasteiger partial charge < -0.3 is 45.1 Å². The fourth-order valence-corrected chi connectivity index (χ4v) is 5.37. The van der Waals surface area contributed by atoms with E-state index in [9.17, 15) is 30.3 Å². The van der Waals surface area contributed by atoms with Crippen LogP contribution in [-0.2, 0) is 25.6 Å². The Kier molecular flexibility index (Phi) is 8.90. The highest BCUT2D eigenvalue weighted by molar-refractivity contribution is 8.00. The number of carbonyl (C=O) groups excluding carboxylic acids is 1. The summed E-state index contributed by atoms with van der Waals surface area (Å²) in [6.45, 7) is 2.54. The Morgan fingerprint density at radius 3 is 2.38 bits per heavy atom. The molecule has 10 atom stereocenters. The van der Waals surface area contributed by atoms with E-state index in [0.717, 1.165) is 17.3 Å². The number of amides is 1. The Hall–Kier alpha value is -1.28. The minimum Gasteiger partial charge on any atom is -0.394 e. The minimum absolute atomic E-state index is 0.164. The van der Waals surface area contributed by atoms with Gasteiger partial charge in [0.15, 0.2) is 6.29 Å². The van der Waals surface area contributed by atoms with Crippen molar-refractivity contribution in [3.05, 3.63) is 35.9 Å². The third-order valence-corrected chi connectivity index (χ3v) is 7.12. The van der Waals surface area contributed by atoms with Crippen LogP contribution in [0.25, 0.3) is 0 Å². The largest absolute Gasteiger partial charge is 0.394 e. The van der Waals surface area contributed by atoms with E-state index in [1.54, 1.807) is 6.92 Å². The minimum atomic E-state index is -1.44. The Labute approximate surface area is 190 Å². The number of thioether (sulfide) groups is 1. The van der Waals surface area contributed by atoms with E-state index in [0.29, 0.717) is 0 Å². The molecule has 0 aromatic heterocycles. The van der Waals surface area contributed by atoms with Crippen molar-refractivity contribution in [3.63, 3.8) is 0 Å². The molecular weight excluding hydrogens is 442 g/mol. The maximum atomic E-state index is 11.9. The molecule has 2 fully saturated rings. The van der Waals surface area contributed by atoms with E-state index >= 15 is 0 Å². The summed E-state index contributed by atoms with van der Waals surface area (Å²) in [7, 11) is 0. The molecule has 0 aliphatic carbocycles. The number of aliphatic hydroxyl groups is 5. The van der Waals surface area contributed by atoms with Gasteiger partial charge in [0.2, 0.25) is 5.91 Å². The lowest BCUT2D eigenvalue weighted by molar-refractivity contribution is -0.243. The second-order valence-corrected chi connectivity index (χ2v) is 9.30. The van der Waals surface area contributed by atoms with Crippen LogP contribution in [-0.4, -0.2) is 97.7 Å². The summed E-state index contributed by atoms with van der Waals surface area (Å²) in [6, 6.07) is 8.45. The van der Waals surface area contributed by atoms with E-state index in [1.807, 2.05) is 30.3 Å². The van der Waals surface area contributed by atoms with Gasteiger partial charge in [0.25, 0.3) is 0 Å². The monoisotopic (exact) mass is 473 g/mol. The van der Waals surface area contributed by atoms with Crippen LogP contribution in [0.1, 0.15) is 19.4 Å². The molecule has 2 aliphatic rings. The first kappa shape index (κ1) is 25.3. The van der Waals surface area contributed by atoms with Crippen molar-refractivity contribution in [3.8, 4) is 0 Å². The quantitative estimate of drug-likeness (QED) is 0.282. The van der Waals surface area contributed by atoms with Crippen LogP contribution in [0, 0.1) is 0 Å². The molecule has 2 saturated heterocycles. The van der Waals surface area contributed by atoms with Gasteiger partial charge in [-0.15, -0.1) is 11.8 Å². The Balaban J connectivity index is 1.81. The van der Waals surface area contributed by atoms with Gasteiger partial charge in [-0.1, -0.05) is 30.3 Å². The summed E-state index contributed by atoms with van der Waals surface area (Å²) in [5, 5.41) is 53.0. The van der Waals surface area contributed by atoms with E-state index in [2.05, 4.69) is 5.32 Å². The molecule has 0 radical (unpaired) electrons. The highest BCUT2D eigenvalue weighted by Gasteiger charge is 2.50. The van der Waals surface area contributed by atoms with Crippen molar-refractivity contribution in [2.75, 3.05) is 6.61 Å². The number of rotatable bonds is 7. The summed E-state index contributed by atoms with van der Waals surface area (Å²) in [5.74, 6) is -0.388. The van der Waals surface area contributed by atoms with Crippen LogP contribution in [0.5, 0.6) is 0 Å². The standard InChI is InChI=1S/C21H31NO9S/c1-10-15(25)17(27)18(28)21(30-10)32-19-14(22-11(2)24)20(31-13(8-23)16(19)26)29-9-12-6-4-3-5-7-12/h3-7,10,13-21,23,25-28H,8-9H2,1-2H3,(H,22,24)/t10-,13+,14+,15+,16+,17+,18-,19+,20+,21-/m0/s1. The predicted molar refractivity (Wildman–Crippen MR) is 114 cm³/mol. The number of benzene rings is 1. The fraction of sp³-hybridized carbons (Fsp3) is 0.667. The molecule has 2 heterocycles. The van der Waals surface area contributed by atoms with E-state index in [4.69, 9.17) is 14.2 Å². The van der Waals surface area contributed by atoms with Crippen LogP contribution < -0.4 is 5.32 Å². The average Bonchev–Trinajstić information content (AvgIpc) is 2.78. The lowest BCUT2D eigenvalue weighted by Gasteiger charge is -2.47. The van der Waals surface area contributed by atoms with Gasteiger partial charge in [-0.05, 0) is 12.5 Å². The van der Waals surface area contributed by atoms with Gasteiger partial charge in [0.1, 0.15) is 29.9 Å². The van der Waals surface area contributed by atoms with Crippen LogP contribution in [0.4, 0.5) is 0 Å². The maximum Gasteiger partial charge on any atom is 0.217 e. The Morgan fingerprint density at radius 1 is 1.06 bits per heavy atom. The smallest absolute Gasteiger partial charge is 0.217 e. The summed E-state index contributed by atoms with van der Waals surface area (Å²) >= 11 is 0.983. The van der Waals surface area contributed by atoms with Gasteiger partial charge >= 0.3 is 0 Å². The zero-order valence-corrected chi connectivity index (χ0v) is 18.7. The molecule has 32 heavy (non-hydrogen) atoms. The van der Waals surface area contributed by atoms with Crippen LogP contribution in [0.2, 0.25) is 0 Å². The first-order valence-electron chi connectivity index (χ1n) is 10.4. The van der Waals surface area contributed by atoms with E-state index in [1.165, 1.54) is 6.92 Å². The van der Waals surface area contributed by atoms with Gasteiger partial charge in [-0.25, -0.2) is 0 Å².